The van der Waals surface area contributed by atoms with Crippen LogP contribution in [0, 0.1) is 22.0 Å². The van der Waals surface area contributed by atoms with Crippen LogP contribution < -0.4 is 20.1 Å². The van der Waals surface area contributed by atoms with Crippen LogP contribution in [0.4, 0.5) is 10.5 Å². The fraction of sp³-hybridized carbons (Fsp3) is 0.625. The molecule has 3 atom stereocenters. The third-order valence-electron chi connectivity index (χ3n) is 7.03. The second-order valence-corrected chi connectivity index (χ2v) is 12.8. The number of nitrogens with one attached hydrogen (secondary N) is 2. The van der Waals surface area contributed by atoms with Crippen molar-refractivity contribution in [3.63, 3.8) is 0 Å². The Kier molecular flexibility index (Phi) is 13.8. The normalized spacial score (nSPS) is 16.0. The van der Waals surface area contributed by atoms with Crippen molar-refractivity contribution in [1.82, 2.24) is 15.5 Å². The Balaban J connectivity index is 2.19. The summed E-state index contributed by atoms with van der Waals surface area (Å²) in [6, 6.07) is -0.397. The van der Waals surface area contributed by atoms with Crippen LogP contribution in [0.15, 0.2) is 24.8 Å². The quantitative estimate of drug-likeness (QED) is 0.121. The predicted octanol–water partition coefficient (Wildman–Crippen LogP) is 4.28. The number of esters is 1. The van der Waals surface area contributed by atoms with Crippen molar-refractivity contribution < 1.29 is 43.0 Å². The summed E-state index contributed by atoms with van der Waals surface area (Å²) in [5.41, 5.74) is -1.02. The van der Waals surface area contributed by atoms with Crippen LogP contribution in [0.2, 0.25) is 0 Å². The number of likely N-dealkylation sites (tertiary alicyclic amines) is 1. The molecular weight excluding hydrogens is 600 g/mol. The van der Waals surface area contributed by atoms with Crippen molar-refractivity contribution in [3.05, 3.63) is 40.5 Å². The van der Waals surface area contributed by atoms with Gasteiger partial charge in [-0.3, -0.25) is 24.6 Å². The summed E-state index contributed by atoms with van der Waals surface area (Å²) in [5.74, 6) is -2.01. The summed E-state index contributed by atoms with van der Waals surface area (Å²) < 4.78 is 21.6. The molecule has 46 heavy (non-hydrogen) atoms. The molecule has 1 aliphatic heterocycles. The van der Waals surface area contributed by atoms with Crippen LogP contribution in [0.1, 0.15) is 73.3 Å². The van der Waals surface area contributed by atoms with Crippen molar-refractivity contribution in [2.24, 2.45) is 11.8 Å². The molecule has 1 aromatic carbocycles. The zero-order chi connectivity index (χ0) is 34.8. The van der Waals surface area contributed by atoms with Crippen molar-refractivity contribution in [1.29, 1.82) is 0 Å². The molecule has 14 heteroatoms. The smallest absolute Gasteiger partial charge is 0.410 e. The summed E-state index contributed by atoms with van der Waals surface area (Å²) in [5, 5.41) is 17.2. The van der Waals surface area contributed by atoms with Gasteiger partial charge in [0.15, 0.2) is 11.5 Å². The van der Waals surface area contributed by atoms with E-state index in [0.717, 1.165) is 0 Å². The number of benzene rings is 1. The Morgan fingerprint density at radius 2 is 1.80 bits per heavy atom. The minimum absolute atomic E-state index is 0.000000738. The summed E-state index contributed by atoms with van der Waals surface area (Å²) in [6.45, 7) is 15.9. The summed E-state index contributed by atoms with van der Waals surface area (Å²) in [6.07, 6.45) is 2.16. The summed E-state index contributed by atoms with van der Waals surface area (Å²) in [4.78, 5) is 65.3. The van der Waals surface area contributed by atoms with E-state index in [2.05, 4.69) is 17.2 Å². The molecular formula is C32H48N4O10. The first kappa shape index (κ1) is 37.8. The molecule has 0 bridgehead atoms. The number of nitro benzene ring substituents is 1. The van der Waals surface area contributed by atoms with Gasteiger partial charge in [-0.15, -0.1) is 0 Å². The van der Waals surface area contributed by atoms with Gasteiger partial charge in [-0.2, -0.15) is 0 Å². The van der Waals surface area contributed by atoms with Crippen LogP contribution in [0.25, 0.3) is 0 Å². The van der Waals surface area contributed by atoms with Crippen molar-refractivity contribution >= 4 is 29.6 Å². The van der Waals surface area contributed by atoms with Crippen LogP contribution in [0.3, 0.4) is 0 Å². The lowest BCUT2D eigenvalue weighted by molar-refractivity contribution is -0.385. The molecule has 1 heterocycles. The number of ether oxygens (including phenoxy) is 4. The Morgan fingerprint density at radius 3 is 2.35 bits per heavy atom. The lowest BCUT2D eigenvalue weighted by atomic mass is 10.00. The summed E-state index contributed by atoms with van der Waals surface area (Å²) >= 11 is 0. The van der Waals surface area contributed by atoms with E-state index in [9.17, 15) is 29.3 Å². The lowest BCUT2D eigenvalue weighted by Crippen LogP contribution is -2.56. The van der Waals surface area contributed by atoms with Crippen LogP contribution in [0.5, 0.6) is 11.5 Å². The second kappa shape index (κ2) is 16.8. The fourth-order valence-corrected chi connectivity index (χ4v) is 4.84. The largest absolute Gasteiger partial charge is 0.493 e. The minimum atomic E-state index is -1.13. The Hall–Kier alpha value is -4.36. The van der Waals surface area contributed by atoms with Gasteiger partial charge in [-0.1, -0.05) is 40.3 Å². The predicted molar refractivity (Wildman–Crippen MR) is 169 cm³/mol. The maximum Gasteiger partial charge on any atom is 0.410 e. The number of hydrogen-bond donors (Lipinski definition) is 2. The standard InChI is InChI=1S/C32H48N4O10/c1-10-14-44-26-17-24(36(41)42)21(16-25(26)43-9)18-45-30(39)27(20(4)5)34-28(37)22(15-19(2)3)33-29(38)23-12-11-13-35(23)31(40)46-32(6,7)8/h10,16-17,19-20,22-23,27H,1,11-15,18H2,2-9H3,(H,33,38)(H,34,37)/t22-,23-,27-/m0/s1. The number of amides is 3. The van der Waals surface area contributed by atoms with Gasteiger partial charge in [0.2, 0.25) is 11.8 Å². The molecule has 256 valence electrons. The van der Waals surface area contributed by atoms with E-state index in [1.807, 2.05) is 13.8 Å². The fourth-order valence-electron chi connectivity index (χ4n) is 4.84. The highest BCUT2D eigenvalue weighted by Gasteiger charge is 2.39. The van der Waals surface area contributed by atoms with E-state index in [0.29, 0.717) is 19.4 Å². The van der Waals surface area contributed by atoms with Crippen LogP contribution >= 0.6 is 0 Å². The molecule has 0 unspecified atom stereocenters. The van der Waals surface area contributed by atoms with Gasteiger partial charge in [0.1, 0.15) is 36.9 Å². The van der Waals surface area contributed by atoms with Crippen molar-refractivity contribution in [2.75, 3.05) is 20.3 Å². The Labute approximate surface area is 270 Å². The molecule has 1 aromatic rings. The van der Waals surface area contributed by atoms with Gasteiger partial charge in [-0.05, 0) is 57.9 Å². The van der Waals surface area contributed by atoms with Gasteiger partial charge in [0.05, 0.1) is 23.7 Å². The molecule has 1 fully saturated rings. The number of hydrogen-bond acceptors (Lipinski definition) is 10. The molecule has 0 spiro atoms. The van der Waals surface area contributed by atoms with Gasteiger partial charge < -0.3 is 29.6 Å². The second-order valence-electron chi connectivity index (χ2n) is 12.8. The first-order chi connectivity index (χ1) is 21.5. The molecule has 14 nitrogen and oxygen atoms in total. The maximum atomic E-state index is 13.5. The molecule has 0 radical (unpaired) electrons. The molecule has 0 saturated carbocycles. The first-order valence-corrected chi connectivity index (χ1v) is 15.3. The number of nitro groups is 1. The van der Waals surface area contributed by atoms with Crippen LogP contribution in [-0.4, -0.2) is 77.7 Å². The number of nitrogens with zero attached hydrogens (tertiary/aromatic N) is 2. The SMILES string of the molecule is C=CCOc1cc([N+](=O)[O-])c(COC(=O)[C@@H](NC(=O)[C@H](CC(C)C)NC(=O)[C@@H]2CCCN2C(=O)OC(C)(C)C)C(C)C)cc1OC. The van der Waals surface area contributed by atoms with Gasteiger partial charge in [-0.25, -0.2) is 9.59 Å². The number of carbonyl (C=O) groups excluding carboxylic acids is 4. The van der Waals surface area contributed by atoms with Gasteiger partial charge >= 0.3 is 12.1 Å². The summed E-state index contributed by atoms with van der Waals surface area (Å²) in [7, 11) is 1.37. The Bertz CT molecular complexity index is 1270. The van der Waals surface area contributed by atoms with Gasteiger partial charge in [0.25, 0.3) is 5.69 Å². The first-order valence-electron chi connectivity index (χ1n) is 15.3. The highest BCUT2D eigenvalue weighted by Crippen LogP contribution is 2.35. The molecule has 3 amide bonds. The van der Waals surface area contributed by atoms with Gasteiger partial charge in [0, 0.05) is 6.54 Å². The highest BCUT2D eigenvalue weighted by atomic mass is 16.6. The minimum Gasteiger partial charge on any atom is -0.493 e. The average molecular weight is 649 g/mol. The molecule has 1 saturated heterocycles. The molecule has 1 aliphatic rings. The van der Waals surface area contributed by atoms with E-state index in [1.165, 1.54) is 30.2 Å². The maximum absolute atomic E-state index is 13.5. The van der Waals surface area contributed by atoms with E-state index in [-0.39, 0.29) is 41.7 Å². The van der Waals surface area contributed by atoms with E-state index in [4.69, 9.17) is 18.9 Å². The number of carbonyl (C=O) groups is 4. The third kappa shape index (κ3) is 10.9. The molecule has 0 aromatic heterocycles. The topological polar surface area (TPSA) is 176 Å². The van der Waals surface area contributed by atoms with Crippen molar-refractivity contribution in [2.45, 2.75) is 98.1 Å². The van der Waals surface area contributed by atoms with E-state index in [1.54, 1.807) is 34.6 Å². The lowest BCUT2D eigenvalue weighted by Gasteiger charge is -2.30. The Morgan fingerprint density at radius 1 is 1.13 bits per heavy atom. The molecule has 2 N–H and O–H groups in total. The molecule has 2 rings (SSSR count). The third-order valence-corrected chi connectivity index (χ3v) is 7.03. The number of rotatable bonds is 15. The van der Waals surface area contributed by atoms with E-state index >= 15 is 0 Å². The monoisotopic (exact) mass is 648 g/mol. The van der Waals surface area contributed by atoms with Crippen molar-refractivity contribution in [3.8, 4) is 11.5 Å². The number of methoxy groups -OCH3 is 1. The average Bonchev–Trinajstić information content (AvgIpc) is 3.46. The zero-order valence-corrected chi connectivity index (χ0v) is 28.0. The van der Waals surface area contributed by atoms with Crippen LogP contribution in [-0.2, 0) is 30.5 Å². The zero-order valence-electron chi connectivity index (χ0n) is 28.0. The van der Waals surface area contributed by atoms with E-state index < -0.39 is 65.1 Å². The molecule has 0 aliphatic carbocycles. The highest BCUT2D eigenvalue weighted by molar-refractivity contribution is 5.93.